The van der Waals surface area contributed by atoms with E-state index in [1.807, 2.05) is 30.3 Å². The average molecular weight is 409 g/mol. The lowest BCUT2D eigenvalue weighted by Crippen LogP contribution is -2.30. The van der Waals surface area contributed by atoms with Crippen molar-refractivity contribution in [3.63, 3.8) is 0 Å². The van der Waals surface area contributed by atoms with Crippen molar-refractivity contribution in [2.75, 3.05) is 25.5 Å². The largest absolute Gasteiger partial charge is 0.481 e. The zero-order chi connectivity index (χ0) is 21.3. The van der Waals surface area contributed by atoms with Gasteiger partial charge in [0, 0.05) is 38.2 Å². The zero-order valence-corrected chi connectivity index (χ0v) is 16.9. The first-order valence-corrected chi connectivity index (χ1v) is 9.55. The van der Waals surface area contributed by atoms with Gasteiger partial charge in [0.2, 0.25) is 17.7 Å². The topological polar surface area (TPSA) is 88.2 Å². The summed E-state index contributed by atoms with van der Waals surface area (Å²) in [6, 6.07) is 16.2. The number of ether oxygens (including phenoxy) is 1. The van der Waals surface area contributed by atoms with Crippen LogP contribution in [0.4, 0.5) is 16.0 Å². The van der Waals surface area contributed by atoms with E-state index >= 15 is 4.39 Å². The minimum Gasteiger partial charge on any atom is -0.481 e. The number of carbonyl (C=O) groups is 1. The maximum atomic E-state index is 15.1. The molecule has 30 heavy (non-hydrogen) atoms. The van der Waals surface area contributed by atoms with Crippen LogP contribution in [-0.2, 0) is 11.3 Å². The summed E-state index contributed by atoms with van der Waals surface area (Å²) in [6.45, 7) is 3.02. The van der Waals surface area contributed by atoms with Gasteiger partial charge >= 0.3 is 0 Å². The number of halogens is 1. The minimum atomic E-state index is -0.384. The second-order valence-corrected chi connectivity index (χ2v) is 6.54. The Labute approximate surface area is 174 Å². The van der Waals surface area contributed by atoms with E-state index in [1.165, 1.54) is 14.0 Å². The van der Waals surface area contributed by atoms with E-state index in [9.17, 15) is 4.79 Å². The van der Waals surface area contributed by atoms with Gasteiger partial charge in [-0.3, -0.25) is 4.79 Å². The molecule has 0 aliphatic carbocycles. The van der Waals surface area contributed by atoms with Crippen LogP contribution in [0.25, 0.3) is 11.1 Å². The van der Waals surface area contributed by atoms with Crippen LogP contribution in [0.3, 0.4) is 0 Å². The van der Waals surface area contributed by atoms with Crippen molar-refractivity contribution in [2.24, 2.45) is 0 Å². The van der Waals surface area contributed by atoms with Gasteiger partial charge in [-0.2, -0.15) is 4.98 Å². The predicted octanol–water partition coefficient (Wildman–Crippen LogP) is 3.26. The molecule has 8 heteroatoms. The lowest BCUT2D eigenvalue weighted by Gasteiger charge is -2.12. The Balaban J connectivity index is 1.75. The molecular formula is C22H24FN5O2. The quantitative estimate of drug-likeness (QED) is 0.470. The molecule has 3 N–H and O–H groups in total. The Hall–Kier alpha value is -3.52. The highest BCUT2D eigenvalue weighted by molar-refractivity contribution is 5.72. The van der Waals surface area contributed by atoms with E-state index in [1.54, 1.807) is 24.3 Å². The van der Waals surface area contributed by atoms with Crippen molar-refractivity contribution >= 4 is 17.5 Å². The van der Waals surface area contributed by atoms with Gasteiger partial charge in [-0.1, -0.05) is 42.5 Å². The first kappa shape index (κ1) is 21.2. The van der Waals surface area contributed by atoms with Crippen molar-refractivity contribution in [1.82, 2.24) is 20.6 Å². The molecule has 1 aromatic heterocycles. The molecule has 0 bridgehead atoms. The zero-order valence-electron chi connectivity index (χ0n) is 16.9. The standard InChI is InChI=1S/C22H24FN5O2/c1-15(29)25-12-11-24-14-17-13-20(30-2)28-22(26-17)27-19-10-6-9-18(21(19)23)16-7-4-3-5-8-16/h3-10,13,24H,11-12,14H2,1-2H3,(H,25,29)(H,26,27,28). The molecule has 1 amide bonds. The van der Waals surface area contributed by atoms with E-state index in [4.69, 9.17) is 4.74 Å². The fourth-order valence-corrected chi connectivity index (χ4v) is 2.86. The first-order valence-electron chi connectivity index (χ1n) is 9.55. The number of hydrogen-bond donors (Lipinski definition) is 3. The van der Waals surface area contributed by atoms with Crippen LogP contribution in [0.5, 0.6) is 5.88 Å². The summed E-state index contributed by atoms with van der Waals surface area (Å²) in [5, 5.41) is 8.84. The number of aromatic nitrogens is 2. The van der Waals surface area contributed by atoms with Gasteiger partial charge < -0.3 is 20.7 Å². The highest BCUT2D eigenvalue weighted by Crippen LogP contribution is 2.29. The van der Waals surface area contributed by atoms with Crippen LogP contribution in [0.2, 0.25) is 0 Å². The van der Waals surface area contributed by atoms with E-state index < -0.39 is 0 Å². The van der Waals surface area contributed by atoms with Gasteiger partial charge in [0.05, 0.1) is 18.5 Å². The fourth-order valence-electron chi connectivity index (χ4n) is 2.86. The van der Waals surface area contributed by atoms with E-state index in [-0.39, 0.29) is 23.4 Å². The van der Waals surface area contributed by atoms with Crippen molar-refractivity contribution in [3.8, 4) is 17.0 Å². The van der Waals surface area contributed by atoms with E-state index in [0.717, 1.165) is 5.56 Å². The Bertz CT molecular complexity index is 998. The predicted molar refractivity (Wildman–Crippen MR) is 114 cm³/mol. The number of anilines is 2. The third kappa shape index (κ3) is 5.74. The van der Waals surface area contributed by atoms with Crippen molar-refractivity contribution in [3.05, 3.63) is 66.1 Å². The van der Waals surface area contributed by atoms with Crippen LogP contribution < -0.4 is 20.7 Å². The van der Waals surface area contributed by atoms with Crippen LogP contribution in [0, 0.1) is 5.82 Å². The normalized spacial score (nSPS) is 10.5. The van der Waals surface area contributed by atoms with E-state index in [2.05, 4.69) is 25.9 Å². The summed E-state index contributed by atoms with van der Waals surface area (Å²) in [7, 11) is 1.51. The molecular weight excluding hydrogens is 385 g/mol. The third-order valence-corrected chi connectivity index (χ3v) is 4.28. The van der Waals surface area contributed by atoms with Gasteiger partial charge in [0.15, 0.2) is 5.82 Å². The molecule has 2 aromatic carbocycles. The molecule has 0 aliphatic rings. The molecule has 0 spiro atoms. The lowest BCUT2D eigenvalue weighted by atomic mass is 10.0. The summed E-state index contributed by atoms with van der Waals surface area (Å²) in [5.41, 5.74) is 2.22. The van der Waals surface area contributed by atoms with Crippen LogP contribution >= 0.6 is 0 Å². The average Bonchev–Trinajstić information content (AvgIpc) is 2.75. The third-order valence-electron chi connectivity index (χ3n) is 4.28. The molecule has 0 aliphatic heterocycles. The minimum absolute atomic E-state index is 0.0771. The maximum Gasteiger partial charge on any atom is 0.230 e. The molecule has 156 valence electrons. The number of rotatable bonds is 9. The Morgan fingerprint density at radius 1 is 1.07 bits per heavy atom. The summed E-state index contributed by atoms with van der Waals surface area (Å²) in [5.74, 6) is 0.139. The molecule has 0 atom stereocenters. The molecule has 0 saturated heterocycles. The van der Waals surface area contributed by atoms with Gasteiger partial charge in [0.1, 0.15) is 0 Å². The second-order valence-electron chi connectivity index (χ2n) is 6.54. The smallest absolute Gasteiger partial charge is 0.230 e. The number of methoxy groups -OCH3 is 1. The van der Waals surface area contributed by atoms with Gasteiger partial charge in [-0.15, -0.1) is 0 Å². The Morgan fingerprint density at radius 2 is 1.87 bits per heavy atom. The van der Waals surface area contributed by atoms with Crippen molar-refractivity contribution in [2.45, 2.75) is 13.5 Å². The highest BCUT2D eigenvalue weighted by Gasteiger charge is 2.12. The fraction of sp³-hybridized carbons (Fsp3) is 0.227. The summed E-state index contributed by atoms with van der Waals surface area (Å²) >= 11 is 0. The number of nitrogens with zero attached hydrogens (tertiary/aromatic N) is 2. The molecule has 7 nitrogen and oxygen atoms in total. The molecule has 0 saturated carbocycles. The first-order chi connectivity index (χ1) is 14.6. The van der Waals surface area contributed by atoms with Gasteiger partial charge in [-0.25, -0.2) is 9.37 Å². The van der Waals surface area contributed by atoms with Crippen LogP contribution in [-0.4, -0.2) is 36.1 Å². The molecule has 0 radical (unpaired) electrons. The number of amides is 1. The number of hydrogen-bond acceptors (Lipinski definition) is 6. The van der Waals surface area contributed by atoms with Crippen molar-refractivity contribution in [1.29, 1.82) is 0 Å². The monoisotopic (exact) mass is 409 g/mol. The van der Waals surface area contributed by atoms with Crippen LogP contribution in [0.1, 0.15) is 12.6 Å². The number of nitrogens with one attached hydrogen (secondary N) is 3. The Kier molecular flexibility index (Phi) is 7.29. The van der Waals surface area contributed by atoms with Gasteiger partial charge in [0.25, 0.3) is 0 Å². The molecule has 0 unspecified atom stereocenters. The molecule has 0 fully saturated rings. The van der Waals surface area contributed by atoms with Crippen LogP contribution in [0.15, 0.2) is 54.6 Å². The van der Waals surface area contributed by atoms with E-state index in [0.29, 0.717) is 36.8 Å². The lowest BCUT2D eigenvalue weighted by molar-refractivity contribution is -0.118. The molecule has 3 aromatic rings. The summed E-state index contributed by atoms with van der Waals surface area (Å²) in [4.78, 5) is 19.6. The maximum absolute atomic E-state index is 15.1. The van der Waals surface area contributed by atoms with Gasteiger partial charge in [-0.05, 0) is 11.6 Å². The SMILES string of the molecule is COc1cc(CNCCNC(C)=O)nc(Nc2cccc(-c3ccccc3)c2F)n1. The summed E-state index contributed by atoms with van der Waals surface area (Å²) < 4.78 is 20.3. The molecule has 1 heterocycles. The molecule has 3 rings (SSSR count). The number of carbonyl (C=O) groups excluding carboxylic acids is 1. The number of benzene rings is 2. The highest BCUT2D eigenvalue weighted by atomic mass is 19.1. The summed E-state index contributed by atoms with van der Waals surface area (Å²) in [6.07, 6.45) is 0. The van der Waals surface area contributed by atoms with Crippen molar-refractivity contribution < 1.29 is 13.9 Å². The second kappa shape index (κ2) is 10.3. The Morgan fingerprint density at radius 3 is 2.60 bits per heavy atom.